The van der Waals surface area contributed by atoms with E-state index in [0.717, 1.165) is 12.8 Å². The summed E-state index contributed by atoms with van der Waals surface area (Å²) in [5, 5.41) is 20.1. The number of urea groups is 1. The van der Waals surface area contributed by atoms with E-state index in [1.54, 1.807) is 18.7 Å². The van der Waals surface area contributed by atoms with Gasteiger partial charge in [-0.05, 0) is 18.8 Å². The Bertz CT molecular complexity index is 358. The number of carboxylic acid groups (broad SMARTS) is 1. The zero-order valence-electron chi connectivity index (χ0n) is 10.7. The molecule has 0 saturated heterocycles. The molecular weight excluding hydrogens is 234 g/mol. The Morgan fingerprint density at radius 3 is 2.50 bits per heavy atom. The third-order valence-electron chi connectivity index (χ3n) is 2.92. The molecule has 6 heteroatoms. The second-order valence-electron chi connectivity index (χ2n) is 4.84. The number of hydrogen-bond donors (Lipinski definition) is 2. The Morgan fingerprint density at radius 2 is 2.11 bits per heavy atom. The fourth-order valence-corrected chi connectivity index (χ4v) is 1.74. The van der Waals surface area contributed by atoms with Crippen molar-refractivity contribution in [1.82, 2.24) is 10.2 Å². The van der Waals surface area contributed by atoms with Crippen molar-refractivity contribution in [2.45, 2.75) is 45.2 Å². The van der Waals surface area contributed by atoms with Crippen LogP contribution in [0.5, 0.6) is 0 Å². The lowest BCUT2D eigenvalue weighted by molar-refractivity contribution is -0.140. The van der Waals surface area contributed by atoms with Crippen molar-refractivity contribution in [3.05, 3.63) is 0 Å². The van der Waals surface area contributed by atoms with Gasteiger partial charge in [0.1, 0.15) is 6.04 Å². The molecule has 0 aromatic rings. The summed E-state index contributed by atoms with van der Waals surface area (Å²) in [4.78, 5) is 24.6. The van der Waals surface area contributed by atoms with E-state index in [2.05, 4.69) is 5.32 Å². The fourth-order valence-electron chi connectivity index (χ4n) is 1.74. The Balaban J connectivity index is 2.60. The van der Waals surface area contributed by atoms with E-state index < -0.39 is 12.0 Å². The molecule has 2 amide bonds. The summed E-state index contributed by atoms with van der Waals surface area (Å²) in [6.07, 6.45) is 2.12. The normalized spacial score (nSPS) is 15.9. The van der Waals surface area contributed by atoms with E-state index in [9.17, 15) is 9.59 Å². The average molecular weight is 253 g/mol. The highest BCUT2D eigenvalue weighted by Gasteiger charge is 2.34. The fraction of sp³-hybridized carbons (Fsp3) is 0.750. The Morgan fingerprint density at radius 1 is 1.50 bits per heavy atom. The van der Waals surface area contributed by atoms with Crippen LogP contribution in [0.4, 0.5) is 4.79 Å². The molecule has 1 aliphatic carbocycles. The number of aliphatic carboxylic acids is 1. The predicted molar refractivity (Wildman–Crippen MR) is 64.8 cm³/mol. The lowest BCUT2D eigenvalue weighted by Gasteiger charge is -2.25. The molecule has 1 rings (SSSR count). The number of hydrogen-bond acceptors (Lipinski definition) is 3. The molecule has 18 heavy (non-hydrogen) atoms. The minimum Gasteiger partial charge on any atom is -0.480 e. The van der Waals surface area contributed by atoms with Crippen molar-refractivity contribution in [2.75, 3.05) is 6.54 Å². The van der Waals surface area contributed by atoms with Gasteiger partial charge >= 0.3 is 12.0 Å². The largest absolute Gasteiger partial charge is 0.480 e. The first-order valence-corrected chi connectivity index (χ1v) is 6.14. The van der Waals surface area contributed by atoms with Crippen LogP contribution < -0.4 is 5.32 Å². The van der Waals surface area contributed by atoms with Gasteiger partial charge in [-0.1, -0.05) is 13.8 Å². The number of rotatable bonds is 6. The van der Waals surface area contributed by atoms with Gasteiger partial charge in [-0.3, -0.25) is 0 Å². The van der Waals surface area contributed by atoms with Crippen LogP contribution in [0.3, 0.4) is 0 Å². The van der Waals surface area contributed by atoms with Gasteiger partial charge in [0.15, 0.2) is 0 Å². The summed E-state index contributed by atoms with van der Waals surface area (Å²) in [5.74, 6) is -1.21. The van der Waals surface area contributed by atoms with E-state index in [4.69, 9.17) is 10.4 Å². The van der Waals surface area contributed by atoms with Crippen LogP contribution in [0, 0.1) is 17.2 Å². The number of nitrogens with one attached hydrogen (secondary N) is 1. The molecule has 0 aliphatic heterocycles. The lowest BCUT2D eigenvalue weighted by Crippen LogP contribution is -2.51. The van der Waals surface area contributed by atoms with Crippen LogP contribution in [0.1, 0.15) is 33.1 Å². The van der Waals surface area contributed by atoms with Crippen LogP contribution in [-0.2, 0) is 4.79 Å². The van der Waals surface area contributed by atoms with Gasteiger partial charge < -0.3 is 15.3 Å². The van der Waals surface area contributed by atoms with E-state index >= 15 is 0 Å². The molecule has 0 radical (unpaired) electrons. The van der Waals surface area contributed by atoms with E-state index in [1.807, 2.05) is 6.07 Å². The van der Waals surface area contributed by atoms with E-state index in [0.29, 0.717) is 6.54 Å². The van der Waals surface area contributed by atoms with Crippen molar-refractivity contribution >= 4 is 12.0 Å². The second kappa shape index (κ2) is 6.24. The summed E-state index contributed by atoms with van der Waals surface area (Å²) in [5.41, 5.74) is 0. The van der Waals surface area contributed by atoms with Crippen molar-refractivity contribution in [3.8, 4) is 6.07 Å². The third-order valence-corrected chi connectivity index (χ3v) is 2.92. The maximum atomic E-state index is 12.0. The molecule has 0 heterocycles. The van der Waals surface area contributed by atoms with Crippen LogP contribution in [0.2, 0.25) is 0 Å². The molecule has 0 spiro atoms. The highest BCUT2D eigenvalue weighted by atomic mass is 16.4. The Labute approximate surface area is 107 Å². The summed E-state index contributed by atoms with van der Waals surface area (Å²) in [6, 6.07) is 0.894. The molecule has 100 valence electrons. The molecular formula is C12H19N3O3. The summed E-state index contributed by atoms with van der Waals surface area (Å²) >= 11 is 0. The summed E-state index contributed by atoms with van der Waals surface area (Å²) in [7, 11) is 0. The number of carboxylic acids is 1. The first kappa shape index (κ1) is 14.3. The number of carbonyl (C=O) groups is 2. The minimum atomic E-state index is -1.03. The highest BCUT2D eigenvalue weighted by molar-refractivity contribution is 5.83. The molecule has 1 aliphatic rings. The lowest BCUT2D eigenvalue weighted by atomic mass is 10.1. The van der Waals surface area contributed by atoms with Crippen molar-refractivity contribution in [3.63, 3.8) is 0 Å². The number of carbonyl (C=O) groups excluding carboxylic acids is 1. The van der Waals surface area contributed by atoms with Gasteiger partial charge in [-0.25, -0.2) is 9.59 Å². The summed E-state index contributed by atoms with van der Waals surface area (Å²) in [6.45, 7) is 3.85. The van der Waals surface area contributed by atoms with Gasteiger partial charge in [0.25, 0.3) is 0 Å². The molecule has 6 nitrogen and oxygen atoms in total. The predicted octanol–water partition coefficient (Wildman–Crippen LogP) is 1.18. The van der Waals surface area contributed by atoms with Crippen molar-refractivity contribution in [1.29, 1.82) is 5.26 Å². The molecule has 2 N–H and O–H groups in total. The van der Waals surface area contributed by atoms with Crippen LogP contribution in [0.15, 0.2) is 0 Å². The molecule has 1 atom stereocenters. The first-order chi connectivity index (χ1) is 8.47. The van der Waals surface area contributed by atoms with Gasteiger partial charge in [0.05, 0.1) is 12.5 Å². The van der Waals surface area contributed by atoms with Crippen LogP contribution in [0.25, 0.3) is 0 Å². The van der Waals surface area contributed by atoms with E-state index in [-0.39, 0.29) is 24.4 Å². The maximum absolute atomic E-state index is 12.0. The average Bonchev–Trinajstić information content (AvgIpc) is 3.09. The standard InChI is InChI=1S/C12H19N3O3/c1-8(2)10(11(16)17)14-12(18)15(7-3-6-13)9-4-5-9/h8-10H,3-5,7H2,1-2H3,(H,14,18)(H,16,17)/t10-/m0/s1. The SMILES string of the molecule is CC(C)[C@H](NC(=O)N(CCC#N)C1CC1)C(=O)O. The van der Waals surface area contributed by atoms with Crippen molar-refractivity contribution < 1.29 is 14.7 Å². The number of nitriles is 1. The highest BCUT2D eigenvalue weighted by Crippen LogP contribution is 2.27. The number of amides is 2. The van der Waals surface area contributed by atoms with E-state index in [1.165, 1.54) is 0 Å². The first-order valence-electron chi connectivity index (χ1n) is 6.14. The zero-order valence-corrected chi connectivity index (χ0v) is 10.7. The summed E-state index contributed by atoms with van der Waals surface area (Å²) < 4.78 is 0. The molecule has 1 fully saturated rings. The smallest absolute Gasteiger partial charge is 0.326 e. The van der Waals surface area contributed by atoms with Gasteiger partial charge in [-0.15, -0.1) is 0 Å². The number of nitrogens with zero attached hydrogens (tertiary/aromatic N) is 2. The van der Waals surface area contributed by atoms with Gasteiger partial charge in [0.2, 0.25) is 0 Å². The topological polar surface area (TPSA) is 93.4 Å². The second-order valence-corrected chi connectivity index (χ2v) is 4.84. The van der Waals surface area contributed by atoms with Crippen LogP contribution in [-0.4, -0.2) is 40.6 Å². The Kier molecular flexibility index (Phi) is 4.95. The van der Waals surface area contributed by atoms with Crippen molar-refractivity contribution in [2.24, 2.45) is 5.92 Å². The van der Waals surface area contributed by atoms with Gasteiger partial charge in [-0.2, -0.15) is 5.26 Å². The zero-order chi connectivity index (χ0) is 13.7. The monoisotopic (exact) mass is 253 g/mol. The quantitative estimate of drug-likeness (QED) is 0.743. The van der Waals surface area contributed by atoms with Gasteiger partial charge in [0, 0.05) is 12.6 Å². The minimum absolute atomic E-state index is 0.167. The molecule has 0 bridgehead atoms. The third kappa shape index (κ3) is 3.91. The molecule has 1 saturated carbocycles. The molecule has 0 aromatic carbocycles. The molecule has 0 unspecified atom stereocenters. The van der Waals surface area contributed by atoms with Crippen LogP contribution >= 0.6 is 0 Å². The molecule has 0 aromatic heterocycles. The maximum Gasteiger partial charge on any atom is 0.326 e. The Hall–Kier alpha value is -1.77.